The number of nitro benzene ring substituents is 1. The summed E-state index contributed by atoms with van der Waals surface area (Å²) >= 11 is 1.27. The van der Waals surface area contributed by atoms with Gasteiger partial charge in [-0.05, 0) is 37.0 Å². The van der Waals surface area contributed by atoms with Crippen LogP contribution in [0.15, 0.2) is 53.7 Å². The fourth-order valence-electron chi connectivity index (χ4n) is 3.72. The van der Waals surface area contributed by atoms with E-state index in [-0.39, 0.29) is 28.8 Å². The molecule has 36 heavy (non-hydrogen) atoms. The highest BCUT2D eigenvalue weighted by molar-refractivity contribution is 7.99. The lowest BCUT2D eigenvalue weighted by Crippen LogP contribution is -2.33. The second-order valence-corrected chi connectivity index (χ2v) is 9.38. The van der Waals surface area contributed by atoms with Crippen molar-refractivity contribution in [2.24, 2.45) is 5.92 Å². The summed E-state index contributed by atoms with van der Waals surface area (Å²) in [6.45, 7) is 8.40. The Morgan fingerprint density at radius 3 is 2.53 bits per heavy atom. The molecule has 0 aliphatic carbocycles. The number of benzene rings is 2. The molecule has 11 heteroatoms. The molecule has 1 aromatic heterocycles. The van der Waals surface area contributed by atoms with E-state index in [1.807, 2.05) is 56.5 Å². The molecule has 0 bridgehead atoms. The number of hydrogen-bond acceptors (Lipinski definition) is 7. The van der Waals surface area contributed by atoms with Crippen LogP contribution in [0.4, 0.5) is 11.4 Å². The maximum absolute atomic E-state index is 12.9. The van der Waals surface area contributed by atoms with Crippen LogP contribution in [0, 0.1) is 16.0 Å². The van der Waals surface area contributed by atoms with Crippen molar-refractivity contribution in [1.29, 1.82) is 0 Å². The molecule has 0 saturated heterocycles. The Hall–Kier alpha value is -3.73. The standard InChI is InChI=1S/C25H30N6O4S/c1-5-17-10-7-8-13-20(17)26-21(32)15-36-25-29-28-23(30(25)6-2)22(16(3)4)27-24(33)18-11-9-12-19(14-18)31(34)35/h7-14,16,22H,5-6,15H2,1-4H3,(H,26,32)(H,27,33)/t22-/m0/s1. The number of aryl methyl sites for hydroxylation is 1. The van der Waals surface area contributed by atoms with Gasteiger partial charge >= 0.3 is 0 Å². The van der Waals surface area contributed by atoms with Crippen molar-refractivity contribution >= 4 is 35.0 Å². The fraction of sp³-hybridized carbons (Fsp3) is 0.360. The van der Waals surface area contributed by atoms with Gasteiger partial charge in [-0.2, -0.15) is 0 Å². The quantitative estimate of drug-likeness (QED) is 0.218. The molecule has 0 radical (unpaired) electrons. The number of nitrogens with zero attached hydrogens (tertiary/aromatic N) is 4. The van der Waals surface area contributed by atoms with Gasteiger partial charge in [0.1, 0.15) is 0 Å². The number of nitrogens with one attached hydrogen (secondary N) is 2. The van der Waals surface area contributed by atoms with E-state index < -0.39 is 16.9 Å². The molecule has 1 atom stereocenters. The van der Waals surface area contributed by atoms with Crippen LogP contribution < -0.4 is 10.6 Å². The number of carbonyl (C=O) groups is 2. The van der Waals surface area contributed by atoms with Crippen LogP contribution in [0.3, 0.4) is 0 Å². The second-order valence-electron chi connectivity index (χ2n) is 8.44. The number of amides is 2. The molecule has 0 fully saturated rings. The van der Waals surface area contributed by atoms with E-state index in [1.54, 1.807) is 0 Å². The molecule has 3 aromatic rings. The zero-order valence-corrected chi connectivity index (χ0v) is 21.5. The summed E-state index contributed by atoms with van der Waals surface area (Å²) < 4.78 is 1.87. The van der Waals surface area contributed by atoms with Gasteiger partial charge in [-0.3, -0.25) is 19.7 Å². The number of nitro groups is 1. The van der Waals surface area contributed by atoms with E-state index in [0.717, 1.165) is 17.7 Å². The Kier molecular flexibility index (Phi) is 9.18. The molecule has 2 amide bonds. The van der Waals surface area contributed by atoms with Gasteiger partial charge in [-0.25, -0.2) is 0 Å². The first-order valence-electron chi connectivity index (χ1n) is 11.7. The molecule has 0 spiro atoms. The van der Waals surface area contributed by atoms with Gasteiger partial charge in [0, 0.05) is 29.9 Å². The summed E-state index contributed by atoms with van der Waals surface area (Å²) in [6.07, 6.45) is 0.815. The number of non-ortho nitro benzene ring substituents is 1. The van der Waals surface area contributed by atoms with Crippen molar-refractivity contribution in [3.63, 3.8) is 0 Å². The lowest BCUT2D eigenvalue weighted by atomic mass is 10.0. The van der Waals surface area contributed by atoms with Crippen molar-refractivity contribution < 1.29 is 14.5 Å². The SMILES string of the molecule is CCc1ccccc1NC(=O)CSc1nnc([C@@H](NC(=O)c2cccc([N+](=O)[O-])c2)C(C)C)n1CC. The average molecular weight is 511 g/mol. The van der Waals surface area contributed by atoms with E-state index in [0.29, 0.717) is 17.5 Å². The fourth-order valence-corrected chi connectivity index (χ4v) is 4.53. The van der Waals surface area contributed by atoms with Crippen molar-refractivity contribution in [2.75, 3.05) is 11.1 Å². The van der Waals surface area contributed by atoms with Crippen LogP contribution in [-0.4, -0.2) is 37.3 Å². The minimum Gasteiger partial charge on any atom is -0.342 e. The zero-order chi connectivity index (χ0) is 26.2. The molecule has 10 nitrogen and oxygen atoms in total. The average Bonchev–Trinajstić information content (AvgIpc) is 3.28. The Balaban J connectivity index is 1.73. The largest absolute Gasteiger partial charge is 0.342 e. The van der Waals surface area contributed by atoms with Gasteiger partial charge in [-0.15, -0.1) is 10.2 Å². The van der Waals surface area contributed by atoms with Gasteiger partial charge in [-0.1, -0.05) is 56.8 Å². The van der Waals surface area contributed by atoms with Gasteiger partial charge in [0.15, 0.2) is 11.0 Å². The minimum absolute atomic E-state index is 0.0335. The third-order valence-corrected chi connectivity index (χ3v) is 6.58. The predicted molar refractivity (Wildman–Crippen MR) is 139 cm³/mol. The summed E-state index contributed by atoms with van der Waals surface area (Å²) in [4.78, 5) is 36.0. The van der Waals surface area contributed by atoms with Gasteiger partial charge in [0.05, 0.1) is 16.7 Å². The lowest BCUT2D eigenvalue weighted by Gasteiger charge is -2.22. The number of hydrogen-bond donors (Lipinski definition) is 2. The highest BCUT2D eigenvalue weighted by Gasteiger charge is 2.26. The maximum Gasteiger partial charge on any atom is 0.270 e. The summed E-state index contributed by atoms with van der Waals surface area (Å²) in [5.41, 5.74) is 1.90. The number of para-hydroxylation sites is 1. The Morgan fingerprint density at radius 2 is 1.86 bits per heavy atom. The first kappa shape index (κ1) is 26.9. The number of thioether (sulfide) groups is 1. The van der Waals surface area contributed by atoms with Gasteiger partial charge < -0.3 is 15.2 Å². The molecule has 3 rings (SSSR count). The summed E-state index contributed by atoms with van der Waals surface area (Å²) in [6, 6.07) is 12.8. The van der Waals surface area contributed by atoms with Gasteiger partial charge in [0.25, 0.3) is 11.6 Å². The Bertz CT molecular complexity index is 1240. The zero-order valence-electron chi connectivity index (χ0n) is 20.7. The summed E-state index contributed by atoms with van der Waals surface area (Å²) in [5.74, 6) is 0.0980. The highest BCUT2D eigenvalue weighted by Crippen LogP contribution is 2.26. The first-order valence-corrected chi connectivity index (χ1v) is 12.7. The van der Waals surface area contributed by atoms with E-state index in [1.165, 1.54) is 36.0 Å². The van der Waals surface area contributed by atoms with E-state index >= 15 is 0 Å². The van der Waals surface area contributed by atoms with Crippen molar-refractivity contribution in [2.45, 2.75) is 51.9 Å². The summed E-state index contributed by atoms with van der Waals surface area (Å²) in [5, 5.41) is 26.1. The molecule has 0 aliphatic rings. The van der Waals surface area contributed by atoms with Crippen molar-refractivity contribution in [3.8, 4) is 0 Å². The second kappa shape index (κ2) is 12.3. The van der Waals surface area contributed by atoms with Gasteiger partial charge in [0.2, 0.25) is 5.91 Å². The van der Waals surface area contributed by atoms with Crippen molar-refractivity contribution in [1.82, 2.24) is 20.1 Å². The molecular formula is C25H30N6O4S. The topological polar surface area (TPSA) is 132 Å². The minimum atomic E-state index is -0.537. The molecule has 2 N–H and O–H groups in total. The molecule has 1 heterocycles. The number of aromatic nitrogens is 3. The maximum atomic E-state index is 12.9. The van der Waals surface area contributed by atoms with Crippen LogP contribution in [0.25, 0.3) is 0 Å². The first-order chi connectivity index (χ1) is 17.2. The van der Waals surface area contributed by atoms with E-state index in [9.17, 15) is 19.7 Å². The van der Waals surface area contributed by atoms with Crippen LogP contribution >= 0.6 is 11.8 Å². The number of carbonyl (C=O) groups excluding carboxylic acids is 2. The van der Waals surface area contributed by atoms with Crippen molar-refractivity contribution in [3.05, 3.63) is 75.6 Å². The Labute approximate surface area is 214 Å². The molecule has 0 unspecified atom stereocenters. The third-order valence-electron chi connectivity index (χ3n) is 5.62. The highest BCUT2D eigenvalue weighted by atomic mass is 32.2. The van der Waals surface area contributed by atoms with Crippen LogP contribution in [0.2, 0.25) is 0 Å². The molecule has 0 aliphatic heterocycles. The molecule has 0 saturated carbocycles. The smallest absolute Gasteiger partial charge is 0.270 e. The predicted octanol–water partition coefficient (Wildman–Crippen LogP) is 4.63. The van der Waals surface area contributed by atoms with Crippen LogP contribution in [0.5, 0.6) is 0 Å². The Morgan fingerprint density at radius 1 is 1.11 bits per heavy atom. The summed E-state index contributed by atoms with van der Waals surface area (Å²) in [7, 11) is 0. The molecule has 190 valence electrons. The number of anilines is 1. The third kappa shape index (κ3) is 6.48. The number of rotatable bonds is 11. The normalized spacial score (nSPS) is 11.8. The lowest BCUT2D eigenvalue weighted by molar-refractivity contribution is -0.384. The van der Waals surface area contributed by atoms with Crippen LogP contribution in [0.1, 0.15) is 55.5 Å². The molecule has 2 aromatic carbocycles. The molecular weight excluding hydrogens is 480 g/mol. The monoisotopic (exact) mass is 510 g/mol. The van der Waals surface area contributed by atoms with E-state index in [4.69, 9.17) is 0 Å². The van der Waals surface area contributed by atoms with E-state index in [2.05, 4.69) is 20.8 Å². The van der Waals surface area contributed by atoms with Crippen LogP contribution in [-0.2, 0) is 17.8 Å².